The lowest BCUT2D eigenvalue weighted by atomic mass is 10.0. The summed E-state index contributed by atoms with van der Waals surface area (Å²) >= 11 is 0. The number of phosphoric acid groups is 2. The second kappa shape index (κ2) is 65.4. The predicted octanol–water partition coefficient (Wildman–Crippen LogP) is 20.9. The van der Waals surface area contributed by atoms with E-state index in [0.29, 0.717) is 25.7 Å². The molecule has 0 saturated heterocycles. The van der Waals surface area contributed by atoms with E-state index in [9.17, 15) is 43.2 Å². The zero-order valence-electron chi connectivity index (χ0n) is 59.0. The Hall–Kier alpha value is -1.94. The average Bonchev–Trinajstić information content (AvgIpc) is 3.63. The fourth-order valence-electron chi connectivity index (χ4n) is 11.0. The maximum atomic E-state index is 13.0. The summed E-state index contributed by atoms with van der Waals surface area (Å²) in [4.78, 5) is 72.6. The highest BCUT2D eigenvalue weighted by Gasteiger charge is 2.30. The monoisotopic (exact) mass is 1340 g/mol. The van der Waals surface area contributed by atoms with Gasteiger partial charge < -0.3 is 33.8 Å². The highest BCUT2D eigenvalue weighted by molar-refractivity contribution is 7.47. The number of aliphatic hydroxyl groups excluding tert-OH is 1. The summed E-state index contributed by atoms with van der Waals surface area (Å²) in [5.41, 5.74) is 0. The Morgan fingerprint density at radius 3 is 0.747 bits per heavy atom. The molecule has 0 spiro atoms. The number of phosphoric ester groups is 2. The van der Waals surface area contributed by atoms with Crippen LogP contribution in [-0.2, 0) is 65.4 Å². The van der Waals surface area contributed by atoms with Gasteiger partial charge in [-0.05, 0) is 31.6 Å². The summed E-state index contributed by atoms with van der Waals surface area (Å²) in [7, 11) is -9.90. The van der Waals surface area contributed by atoms with Crippen LogP contribution in [0.1, 0.15) is 375 Å². The molecule has 0 aromatic heterocycles. The molecule has 0 aromatic carbocycles. The van der Waals surface area contributed by atoms with Crippen molar-refractivity contribution >= 4 is 39.5 Å². The molecule has 0 amide bonds. The van der Waals surface area contributed by atoms with E-state index >= 15 is 0 Å². The molecule has 19 heteroatoms. The number of carbonyl (C=O) groups excluding carboxylic acids is 4. The molecule has 0 aliphatic heterocycles. The van der Waals surface area contributed by atoms with Crippen molar-refractivity contribution in [2.45, 2.75) is 393 Å². The smallest absolute Gasteiger partial charge is 0.462 e. The number of hydrogen-bond acceptors (Lipinski definition) is 15. The van der Waals surface area contributed by atoms with Gasteiger partial charge in [0.15, 0.2) is 12.2 Å². The number of esters is 4. The van der Waals surface area contributed by atoms with E-state index in [1.165, 1.54) is 199 Å². The molecule has 2 unspecified atom stereocenters. The fraction of sp³-hybridized carbons (Fsp3) is 0.944. The second-order valence-electron chi connectivity index (χ2n) is 26.5. The fourth-order valence-corrected chi connectivity index (χ4v) is 12.6. The molecular weight excluding hydrogens is 1200 g/mol. The largest absolute Gasteiger partial charge is 0.472 e. The zero-order valence-corrected chi connectivity index (χ0v) is 60.8. The van der Waals surface area contributed by atoms with Crippen LogP contribution in [0, 0.1) is 5.92 Å². The van der Waals surface area contributed by atoms with E-state index in [-0.39, 0.29) is 25.7 Å². The Bertz CT molecular complexity index is 1750. The highest BCUT2D eigenvalue weighted by Crippen LogP contribution is 2.45. The van der Waals surface area contributed by atoms with Gasteiger partial charge in [0, 0.05) is 25.7 Å². The Morgan fingerprint density at radius 1 is 0.297 bits per heavy atom. The SMILES string of the molecule is CCCCCCCCCCCCCCCC(=O)OC[C@H](COP(=O)(O)OC[C@@H](O)COP(=O)(O)OC[C@@H](COC(=O)CCCCCCCCCCCC)OC(=O)CCCCCCCCCCCC)OC(=O)CCCCCCCCCCCCCCCCCC(C)C. The molecule has 0 fully saturated rings. The summed E-state index contributed by atoms with van der Waals surface area (Å²) in [5.74, 6) is -1.32. The van der Waals surface area contributed by atoms with Crippen LogP contribution in [0.25, 0.3) is 0 Å². The summed E-state index contributed by atoms with van der Waals surface area (Å²) in [6.45, 7) is 7.28. The maximum absolute atomic E-state index is 13.0. The van der Waals surface area contributed by atoms with Crippen LogP contribution in [0.3, 0.4) is 0 Å². The second-order valence-corrected chi connectivity index (χ2v) is 29.4. The van der Waals surface area contributed by atoms with Gasteiger partial charge in [-0.3, -0.25) is 37.3 Å². The molecule has 0 aliphatic carbocycles. The molecule has 0 bridgehead atoms. The molecule has 91 heavy (non-hydrogen) atoms. The Morgan fingerprint density at radius 2 is 0.505 bits per heavy atom. The van der Waals surface area contributed by atoms with E-state index < -0.39 is 97.5 Å². The third-order valence-electron chi connectivity index (χ3n) is 16.8. The van der Waals surface area contributed by atoms with Gasteiger partial charge in [-0.2, -0.15) is 0 Å². The number of ether oxygens (including phenoxy) is 4. The highest BCUT2D eigenvalue weighted by atomic mass is 31.2. The lowest BCUT2D eigenvalue weighted by Crippen LogP contribution is -2.30. The molecule has 0 rings (SSSR count). The summed E-state index contributed by atoms with van der Waals surface area (Å²) in [6.07, 6.45) is 52.6. The van der Waals surface area contributed by atoms with E-state index in [0.717, 1.165) is 95.8 Å². The lowest BCUT2D eigenvalue weighted by Gasteiger charge is -2.21. The number of carbonyl (C=O) groups is 4. The van der Waals surface area contributed by atoms with Gasteiger partial charge in [0.25, 0.3) is 0 Å². The van der Waals surface area contributed by atoms with E-state index in [4.69, 9.17) is 37.0 Å². The minimum atomic E-state index is -4.95. The first kappa shape index (κ1) is 89.1. The van der Waals surface area contributed by atoms with Gasteiger partial charge in [-0.1, -0.05) is 324 Å². The van der Waals surface area contributed by atoms with E-state index in [2.05, 4.69) is 34.6 Å². The maximum Gasteiger partial charge on any atom is 0.472 e. The Labute approximate surface area is 556 Å². The molecule has 3 N–H and O–H groups in total. The van der Waals surface area contributed by atoms with Gasteiger partial charge in [0.2, 0.25) is 0 Å². The van der Waals surface area contributed by atoms with Crippen molar-refractivity contribution in [3.8, 4) is 0 Å². The third kappa shape index (κ3) is 66.5. The quantitative estimate of drug-likeness (QED) is 0.0222. The minimum absolute atomic E-state index is 0.107. The normalized spacial score (nSPS) is 14.0. The van der Waals surface area contributed by atoms with Crippen molar-refractivity contribution in [1.29, 1.82) is 0 Å². The molecule has 0 radical (unpaired) electrons. The van der Waals surface area contributed by atoms with Gasteiger partial charge in [-0.25, -0.2) is 9.13 Å². The van der Waals surface area contributed by atoms with Crippen molar-refractivity contribution in [2.24, 2.45) is 5.92 Å². The van der Waals surface area contributed by atoms with Gasteiger partial charge in [0.1, 0.15) is 19.3 Å². The topological polar surface area (TPSA) is 237 Å². The summed E-state index contributed by atoms with van der Waals surface area (Å²) in [5, 5.41) is 10.6. The van der Waals surface area contributed by atoms with Crippen LogP contribution in [-0.4, -0.2) is 96.7 Å². The number of hydrogen-bond donors (Lipinski definition) is 3. The molecule has 0 aliphatic rings. The standard InChI is InChI=1S/C72H140O17P2/c1-6-9-12-15-18-21-24-28-32-37-41-46-51-56-70(75)83-62-68(89-72(77)58-53-48-43-38-33-30-27-25-26-29-31-34-39-44-49-54-65(4)5)64-87-91(80,81)85-60-66(73)59-84-90(78,79)86-63-67(88-71(76)57-52-47-42-36-23-20-17-14-11-8-3)61-82-69(74)55-50-45-40-35-22-19-16-13-10-7-2/h65-68,73H,6-64H2,1-5H3,(H,78,79)(H,80,81)/t66-,67+,68+/m0/s1. The molecule has 540 valence electrons. The first-order chi connectivity index (χ1) is 44.0. The van der Waals surface area contributed by atoms with Crippen molar-refractivity contribution in [2.75, 3.05) is 39.6 Å². The van der Waals surface area contributed by atoms with Crippen molar-refractivity contribution in [3.63, 3.8) is 0 Å². The zero-order chi connectivity index (χ0) is 67.0. The van der Waals surface area contributed by atoms with Crippen LogP contribution in [0.5, 0.6) is 0 Å². The number of rotatable bonds is 72. The Balaban J connectivity index is 5.21. The van der Waals surface area contributed by atoms with Crippen LogP contribution < -0.4 is 0 Å². The van der Waals surface area contributed by atoms with Gasteiger partial charge >= 0.3 is 39.5 Å². The van der Waals surface area contributed by atoms with Crippen LogP contribution in [0.15, 0.2) is 0 Å². The summed E-state index contributed by atoms with van der Waals surface area (Å²) < 4.78 is 68.3. The van der Waals surface area contributed by atoms with Crippen molar-refractivity contribution in [1.82, 2.24) is 0 Å². The molecule has 0 heterocycles. The van der Waals surface area contributed by atoms with Gasteiger partial charge in [-0.15, -0.1) is 0 Å². The number of aliphatic hydroxyl groups is 1. The van der Waals surface area contributed by atoms with E-state index in [1.54, 1.807) is 0 Å². The van der Waals surface area contributed by atoms with Crippen molar-refractivity contribution in [3.05, 3.63) is 0 Å². The van der Waals surface area contributed by atoms with Crippen LogP contribution in [0.4, 0.5) is 0 Å². The first-order valence-electron chi connectivity index (χ1n) is 37.6. The number of unbranched alkanes of at least 4 members (excludes halogenated alkanes) is 44. The van der Waals surface area contributed by atoms with Gasteiger partial charge in [0.05, 0.1) is 26.4 Å². The Kier molecular flexibility index (Phi) is 64.0. The third-order valence-corrected chi connectivity index (χ3v) is 18.7. The van der Waals surface area contributed by atoms with Crippen molar-refractivity contribution < 1.29 is 80.2 Å². The minimum Gasteiger partial charge on any atom is -0.462 e. The lowest BCUT2D eigenvalue weighted by molar-refractivity contribution is -0.161. The first-order valence-corrected chi connectivity index (χ1v) is 40.6. The summed E-state index contributed by atoms with van der Waals surface area (Å²) in [6, 6.07) is 0. The van der Waals surface area contributed by atoms with Crippen LogP contribution >= 0.6 is 15.6 Å². The van der Waals surface area contributed by atoms with E-state index in [1.807, 2.05) is 0 Å². The molecule has 5 atom stereocenters. The molecule has 0 aromatic rings. The molecule has 17 nitrogen and oxygen atoms in total. The van der Waals surface area contributed by atoms with Crippen LogP contribution in [0.2, 0.25) is 0 Å². The average molecular weight is 1340 g/mol. The predicted molar refractivity (Wildman–Crippen MR) is 368 cm³/mol. The molecule has 0 saturated carbocycles. The molecular formula is C72H140O17P2.